The van der Waals surface area contributed by atoms with Crippen LogP contribution in [0, 0.1) is 11.8 Å². The summed E-state index contributed by atoms with van der Waals surface area (Å²) in [6.07, 6.45) is 4.31. The number of rotatable bonds is 5. The predicted octanol–water partition coefficient (Wildman–Crippen LogP) is -1.31. The fraction of sp³-hybridized carbons (Fsp3) is 0.905. The molecule has 11 heteroatoms. The molecular weight excluding hydrogens is 478 g/mol. The molecule has 0 aromatic heterocycles. The van der Waals surface area contributed by atoms with Gasteiger partial charge in [0.15, 0.2) is 0 Å². The van der Waals surface area contributed by atoms with Crippen LogP contribution in [0.3, 0.4) is 0 Å². The molecule has 4 rings (SSSR count). The molecule has 4 aliphatic rings. The fourth-order valence-electron chi connectivity index (χ4n) is 5.52. The van der Waals surface area contributed by atoms with E-state index in [-0.39, 0.29) is 53.0 Å². The number of likely N-dealkylation sites (tertiary alicyclic amines) is 1. The minimum Gasteiger partial charge on any atom is -0.378 e. The summed E-state index contributed by atoms with van der Waals surface area (Å²) in [5, 5.41) is 10.6. The van der Waals surface area contributed by atoms with Crippen LogP contribution in [0.25, 0.3) is 0 Å². The minimum atomic E-state index is -0.367. The highest BCUT2D eigenvalue weighted by Crippen LogP contribution is 2.31. The molecule has 10 nitrogen and oxygen atoms in total. The second-order valence-electron chi connectivity index (χ2n) is 9.66. The van der Waals surface area contributed by atoms with Gasteiger partial charge in [0, 0.05) is 55.6 Å². The van der Waals surface area contributed by atoms with Crippen molar-refractivity contribution in [1.82, 2.24) is 25.8 Å². The lowest BCUT2D eigenvalue weighted by Crippen LogP contribution is -2.72. The maximum Gasteiger partial charge on any atom is 0.225 e. The molecule has 4 fully saturated rings. The smallest absolute Gasteiger partial charge is 0.225 e. The van der Waals surface area contributed by atoms with Crippen molar-refractivity contribution in [2.45, 2.75) is 61.5 Å². The van der Waals surface area contributed by atoms with E-state index in [0.29, 0.717) is 32.8 Å². The first-order valence-corrected chi connectivity index (χ1v) is 12.9. The summed E-state index contributed by atoms with van der Waals surface area (Å²) in [5.41, 5.74) is 11.9. The quantitative estimate of drug-likeness (QED) is 0.284. The summed E-state index contributed by atoms with van der Waals surface area (Å²) in [5.74, 6) is -0.514. The highest BCUT2D eigenvalue weighted by Gasteiger charge is 2.40. The number of morpholine rings is 1. The Labute approximate surface area is 198 Å². The van der Waals surface area contributed by atoms with Gasteiger partial charge >= 0.3 is 0 Å². The third kappa shape index (κ3) is 5.99. The SMILES string of the molecule is NC(=O)C1CNC(N2CCC[C@H](N)C2)NC1NC1CC(Br)CC(C(=O)N2CCOCC2)C1. The third-order valence-electron chi connectivity index (χ3n) is 7.23. The number of hydrogen-bond acceptors (Lipinski definition) is 8. The topological polar surface area (TPSA) is 138 Å². The van der Waals surface area contributed by atoms with Crippen molar-refractivity contribution in [1.29, 1.82) is 0 Å². The Morgan fingerprint density at radius 2 is 1.91 bits per heavy atom. The molecule has 0 spiro atoms. The molecule has 1 aliphatic carbocycles. The molecule has 182 valence electrons. The number of primary amides is 1. The Morgan fingerprint density at radius 3 is 2.62 bits per heavy atom. The molecular formula is C21H38BrN7O3. The lowest BCUT2D eigenvalue weighted by molar-refractivity contribution is -0.141. The molecule has 3 heterocycles. The number of carbonyl (C=O) groups is 2. The van der Waals surface area contributed by atoms with Crippen LogP contribution < -0.4 is 27.4 Å². The van der Waals surface area contributed by atoms with Gasteiger partial charge in [0.25, 0.3) is 0 Å². The van der Waals surface area contributed by atoms with Gasteiger partial charge in [-0.05, 0) is 32.1 Å². The maximum atomic E-state index is 13.1. The van der Waals surface area contributed by atoms with Crippen LogP contribution in [-0.2, 0) is 14.3 Å². The van der Waals surface area contributed by atoms with Gasteiger partial charge in [-0.2, -0.15) is 0 Å². The van der Waals surface area contributed by atoms with Crippen LogP contribution in [0.4, 0.5) is 0 Å². The second-order valence-corrected chi connectivity index (χ2v) is 11.0. The summed E-state index contributed by atoms with van der Waals surface area (Å²) < 4.78 is 5.40. The van der Waals surface area contributed by atoms with Crippen molar-refractivity contribution in [3.63, 3.8) is 0 Å². The number of nitrogens with zero attached hydrogens (tertiary/aromatic N) is 2. The lowest BCUT2D eigenvalue weighted by atomic mass is 9.84. The molecule has 0 aromatic carbocycles. The van der Waals surface area contributed by atoms with Crippen molar-refractivity contribution in [2.24, 2.45) is 23.3 Å². The van der Waals surface area contributed by atoms with Crippen LogP contribution in [0.5, 0.6) is 0 Å². The summed E-state index contributed by atoms with van der Waals surface area (Å²) in [7, 11) is 0. The highest BCUT2D eigenvalue weighted by atomic mass is 79.9. The Hall–Kier alpha value is -0.820. The molecule has 0 aromatic rings. The van der Waals surface area contributed by atoms with E-state index in [1.807, 2.05) is 4.90 Å². The van der Waals surface area contributed by atoms with E-state index in [1.54, 1.807) is 0 Å². The van der Waals surface area contributed by atoms with E-state index in [4.69, 9.17) is 16.2 Å². The minimum absolute atomic E-state index is 0.0339. The number of carbonyl (C=O) groups excluding carboxylic acids is 2. The number of hydrogen-bond donors (Lipinski definition) is 5. The summed E-state index contributed by atoms with van der Waals surface area (Å²) >= 11 is 3.77. The zero-order valence-corrected chi connectivity index (χ0v) is 20.3. The van der Waals surface area contributed by atoms with Crippen molar-refractivity contribution in [2.75, 3.05) is 45.9 Å². The molecule has 7 atom stereocenters. The van der Waals surface area contributed by atoms with Crippen LogP contribution in [0.1, 0.15) is 32.1 Å². The number of piperidine rings is 1. The van der Waals surface area contributed by atoms with Gasteiger partial charge in [0.2, 0.25) is 11.8 Å². The van der Waals surface area contributed by atoms with E-state index in [1.165, 1.54) is 0 Å². The predicted molar refractivity (Wildman–Crippen MR) is 125 cm³/mol. The van der Waals surface area contributed by atoms with Gasteiger partial charge in [0.1, 0.15) is 6.29 Å². The zero-order valence-electron chi connectivity index (χ0n) is 18.7. The first-order chi connectivity index (χ1) is 15.4. The number of nitrogens with two attached hydrogens (primary N) is 2. The van der Waals surface area contributed by atoms with Crippen molar-refractivity contribution >= 4 is 27.7 Å². The fourth-order valence-corrected chi connectivity index (χ4v) is 6.43. The molecule has 1 saturated carbocycles. The highest BCUT2D eigenvalue weighted by molar-refractivity contribution is 9.09. The van der Waals surface area contributed by atoms with Gasteiger partial charge in [-0.25, -0.2) is 0 Å². The van der Waals surface area contributed by atoms with E-state index in [2.05, 4.69) is 36.8 Å². The number of halogens is 1. The third-order valence-corrected chi connectivity index (χ3v) is 7.98. The van der Waals surface area contributed by atoms with Gasteiger partial charge in [0.05, 0.1) is 25.3 Å². The average Bonchev–Trinajstić information content (AvgIpc) is 2.78. The summed E-state index contributed by atoms with van der Waals surface area (Å²) in [4.78, 5) is 29.8. The molecule has 3 saturated heterocycles. The van der Waals surface area contributed by atoms with Crippen molar-refractivity contribution in [3.05, 3.63) is 0 Å². The lowest BCUT2D eigenvalue weighted by Gasteiger charge is -2.46. The van der Waals surface area contributed by atoms with Crippen molar-refractivity contribution < 1.29 is 14.3 Å². The molecule has 7 N–H and O–H groups in total. The van der Waals surface area contributed by atoms with Gasteiger partial charge in [-0.1, -0.05) is 15.9 Å². The Bertz CT molecular complexity index is 665. The van der Waals surface area contributed by atoms with Crippen molar-refractivity contribution in [3.8, 4) is 0 Å². The van der Waals surface area contributed by atoms with Crippen LogP contribution in [-0.4, -0.2) is 96.9 Å². The number of ether oxygens (including phenoxy) is 1. The Balaban J connectivity index is 1.39. The number of alkyl halides is 1. The number of nitrogens with one attached hydrogen (secondary N) is 3. The Morgan fingerprint density at radius 1 is 1.12 bits per heavy atom. The Kier molecular flexibility index (Phi) is 8.41. The standard InChI is InChI=1S/C21H38BrN7O3/c22-14-8-13(20(31)28-4-6-32-7-5-28)9-16(10-14)26-19-17(18(24)30)11-25-21(27-19)29-3-1-2-15(23)12-29/h13-17,19,21,25-27H,1-12,23H2,(H2,24,30)/t13?,14?,15-,16?,17?,19?,21?/m0/s1. The largest absolute Gasteiger partial charge is 0.378 e. The van der Waals surface area contributed by atoms with Crippen LogP contribution in [0.2, 0.25) is 0 Å². The molecule has 32 heavy (non-hydrogen) atoms. The normalized spacial score (nSPS) is 39.6. The molecule has 3 aliphatic heterocycles. The van der Waals surface area contributed by atoms with Gasteiger partial charge in [-0.15, -0.1) is 0 Å². The van der Waals surface area contributed by atoms with Gasteiger partial charge < -0.3 is 21.1 Å². The monoisotopic (exact) mass is 515 g/mol. The summed E-state index contributed by atoms with van der Waals surface area (Å²) in [6.45, 7) is 4.85. The van der Waals surface area contributed by atoms with E-state index < -0.39 is 0 Å². The maximum absolute atomic E-state index is 13.1. The van der Waals surface area contributed by atoms with Crippen LogP contribution in [0.15, 0.2) is 0 Å². The summed E-state index contributed by atoms with van der Waals surface area (Å²) in [6, 6.07) is 0.289. The first-order valence-electron chi connectivity index (χ1n) is 12.0. The van der Waals surface area contributed by atoms with Crippen LogP contribution >= 0.6 is 15.9 Å². The van der Waals surface area contributed by atoms with E-state index in [9.17, 15) is 9.59 Å². The molecule has 6 unspecified atom stereocenters. The molecule has 2 amide bonds. The number of amides is 2. The zero-order chi connectivity index (χ0) is 22.7. The second kappa shape index (κ2) is 11.1. The average molecular weight is 516 g/mol. The van der Waals surface area contributed by atoms with E-state index >= 15 is 0 Å². The molecule has 0 radical (unpaired) electrons. The molecule has 0 bridgehead atoms. The van der Waals surface area contributed by atoms with E-state index in [0.717, 1.165) is 45.2 Å². The first kappa shape index (κ1) is 24.3. The van der Waals surface area contributed by atoms with Gasteiger partial charge in [-0.3, -0.25) is 30.4 Å².